The van der Waals surface area contributed by atoms with Crippen LogP contribution in [-0.2, 0) is 0 Å². The van der Waals surface area contributed by atoms with Gasteiger partial charge in [0, 0.05) is 11.6 Å². The summed E-state index contributed by atoms with van der Waals surface area (Å²) in [6.07, 6.45) is 9.34. The number of unbranched alkanes of at least 4 members (excludes halogenated alkanes) is 6. The van der Waals surface area contributed by atoms with Gasteiger partial charge < -0.3 is 15.1 Å². The zero-order valence-corrected chi connectivity index (χ0v) is 15.4. The fourth-order valence-corrected chi connectivity index (χ4v) is 2.69. The summed E-state index contributed by atoms with van der Waals surface area (Å²) >= 11 is 0. The third-order valence-electron chi connectivity index (χ3n) is 4.02. The second-order valence-corrected chi connectivity index (χ2v) is 6.79. The second kappa shape index (κ2) is 11.8. The SMILES string of the molecule is CCCCCCCCCOc1ccc(C(CC(C)C)=NO)c(O)c1. The number of hydrogen-bond donors (Lipinski definition) is 2. The predicted molar refractivity (Wildman–Crippen MR) is 99.4 cm³/mol. The highest BCUT2D eigenvalue weighted by atomic mass is 16.5. The normalized spacial score (nSPS) is 11.9. The lowest BCUT2D eigenvalue weighted by molar-refractivity contribution is 0.302. The zero-order chi connectivity index (χ0) is 17.8. The van der Waals surface area contributed by atoms with Gasteiger partial charge in [0.05, 0.1) is 12.3 Å². The number of benzene rings is 1. The van der Waals surface area contributed by atoms with Crippen LogP contribution in [0.1, 0.15) is 77.7 Å². The molecule has 0 amide bonds. The van der Waals surface area contributed by atoms with Crippen molar-refractivity contribution in [1.29, 1.82) is 0 Å². The van der Waals surface area contributed by atoms with E-state index in [1.807, 2.05) is 19.9 Å². The lowest BCUT2D eigenvalue weighted by Crippen LogP contribution is -2.06. The minimum absolute atomic E-state index is 0.0977. The maximum Gasteiger partial charge on any atom is 0.128 e. The Labute approximate surface area is 146 Å². The van der Waals surface area contributed by atoms with E-state index in [-0.39, 0.29) is 5.75 Å². The Morgan fingerprint density at radius 2 is 1.75 bits per heavy atom. The van der Waals surface area contributed by atoms with Crippen LogP contribution in [0.3, 0.4) is 0 Å². The topological polar surface area (TPSA) is 62.0 Å². The number of phenolic OH excluding ortho intramolecular Hbond substituents is 1. The second-order valence-electron chi connectivity index (χ2n) is 6.79. The summed E-state index contributed by atoms with van der Waals surface area (Å²) in [5.74, 6) is 1.10. The molecular formula is C20H33NO3. The van der Waals surface area contributed by atoms with Gasteiger partial charge in [-0.2, -0.15) is 0 Å². The quantitative estimate of drug-likeness (QED) is 0.221. The van der Waals surface area contributed by atoms with E-state index >= 15 is 0 Å². The van der Waals surface area contributed by atoms with E-state index < -0.39 is 0 Å². The molecule has 4 heteroatoms. The summed E-state index contributed by atoms with van der Waals surface area (Å²) in [5.41, 5.74) is 1.07. The molecule has 0 radical (unpaired) electrons. The van der Waals surface area contributed by atoms with Crippen molar-refractivity contribution >= 4 is 5.71 Å². The van der Waals surface area contributed by atoms with Crippen molar-refractivity contribution in [2.45, 2.75) is 72.1 Å². The molecule has 0 unspecified atom stereocenters. The lowest BCUT2D eigenvalue weighted by atomic mass is 9.99. The minimum atomic E-state index is 0.0977. The van der Waals surface area contributed by atoms with Gasteiger partial charge in [-0.05, 0) is 30.9 Å². The average Bonchev–Trinajstić information content (AvgIpc) is 2.55. The van der Waals surface area contributed by atoms with Crippen molar-refractivity contribution in [3.8, 4) is 11.5 Å². The molecule has 0 aliphatic rings. The van der Waals surface area contributed by atoms with Gasteiger partial charge in [0.2, 0.25) is 0 Å². The van der Waals surface area contributed by atoms with Crippen molar-refractivity contribution < 1.29 is 15.1 Å². The standard InChI is InChI=1S/C20H33NO3/c1-4-5-6-7-8-9-10-13-24-17-11-12-18(20(22)15-17)19(21-23)14-16(2)3/h11-12,15-16,22-23H,4-10,13-14H2,1-3H3. The van der Waals surface area contributed by atoms with Crippen LogP contribution in [0.25, 0.3) is 0 Å². The van der Waals surface area contributed by atoms with E-state index in [1.165, 1.54) is 38.5 Å². The molecule has 0 saturated heterocycles. The molecule has 0 heterocycles. The minimum Gasteiger partial charge on any atom is -0.507 e. The van der Waals surface area contributed by atoms with Crippen molar-refractivity contribution in [1.82, 2.24) is 0 Å². The smallest absolute Gasteiger partial charge is 0.128 e. The van der Waals surface area contributed by atoms with E-state index in [0.717, 1.165) is 6.42 Å². The van der Waals surface area contributed by atoms with Gasteiger partial charge in [-0.1, -0.05) is 64.5 Å². The third-order valence-corrected chi connectivity index (χ3v) is 4.02. The highest BCUT2D eigenvalue weighted by Crippen LogP contribution is 2.26. The molecule has 0 bridgehead atoms. The van der Waals surface area contributed by atoms with Gasteiger partial charge in [0.1, 0.15) is 11.5 Å². The first-order valence-electron chi connectivity index (χ1n) is 9.25. The highest BCUT2D eigenvalue weighted by molar-refractivity contribution is 6.02. The van der Waals surface area contributed by atoms with Crippen LogP contribution in [0.15, 0.2) is 23.4 Å². The van der Waals surface area contributed by atoms with Crippen molar-refractivity contribution in [2.75, 3.05) is 6.61 Å². The third kappa shape index (κ3) is 7.71. The molecule has 0 saturated carbocycles. The molecule has 2 N–H and O–H groups in total. The first-order chi connectivity index (χ1) is 11.6. The maximum atomic E-state index is 10.2. The summed E-state index contributed by atoms with van der Waals surface area (Å²) in [6, 6.07) is 5.18. The van der Waals surface area contributed by atoms with E-state index in [4.69, 9.17) is 9.94 Å². The lowest BCUT2D eigenvalue weighted by Gasteiger charge is -2.11. The van der Waals surface area contributed by atoms with E-state index in [0.29, 0.717) is 36.0 Å². The molecule has 4 nitrogen and oxygen atoms in total. The molecule has 24 heavy (non-hydrogen) atoms. The number of phenols is 1. The maximum absolute atomic E-state index is 10.2. The number of ether oxygens (including phenoxy) is 1. The zero-order valence-electron chi connectivity index (χ0n) is 15.4. The van der Waals surface area contributed by atoms with Crippen LogP contribution in [0.5, 0.6) is 11.5 Å². The number of nitrogens with zero attached hydrogens (tertiary/aromatic N) is 1. The largest absolute Gasteiger partial charge is 0.507 e. The number of rotatable bonds is 12. The monoisotopic (exact) mass is 335 g/mol. The highest BCUT2D eigenvalue weighted by Gasteiger charge is 2.12. The Balaban J connectivity index is 2.39. The molecule has 0 fully saturated rings. The Morgan fingerprint density at radius 3 is 2.33 bits per heavy atom. The van der Waals surface area contributed by atoms with Gasteiger partial charge in [-0.25, -0.2) is 0 Å². The number of aromatic hydroxyl groups is 1. The summed E-state index contributed by atoms with van der Waals surface area (Å²) in [7, 11) is 0. The van der Waals surface area contributed by atoms with E-state index in [1.54, 1.807) is 12.1 Å². The first-order valence-corrected chi connectivity index (χ1v) is 9.25. The van der Waals surface area contributed by atoms with Gasteiger partial charge in [0.15, 0.2) is 0 Å². The Morgan fingerprint density at radius 1 is 1.08 bits per heavy atom. The molecule has 0 aromatic heterocycles. The Hall–Kier alpha value is -1.71. The summed E-state index contributed by atoms with van der Waals surface area (Å²) in [4.78, 5) is 0. The molecule has 1 rings (SSSR count). The van der Waals surface area contributed by atoms with Crippen LogP contribution in [0.2, 0.25) is 0 Å². The molecule has 0 atom stereocenters. The summed E-state index contributed by atoms with van der Waals surface area (Å²) in [5, 5.41) is 22.6. The van der Waals surface area contributed by atoms with E-state index in [9.17, 15) is 5.11 Å². The summed E-state index contributed by atoms with van der Waals surface area (Å²) < 4.78 is 5.70. The molecule has 136 valence electrons. The molecule has 0 aliphatic heterocycles. The molecule has 1 aromatic carbocycles. The van der Waals surface area contributed by atoms with Gasteiger partial charge >= 0.3 is 0 Å². The van der Waals surface area contributed by atoms with E-state index in [2.05, 4.69) is 12.1 Å². The molecule has 0 aliphatic carbocycles. The van der Waals surface area contributed by atoms with Crippen LogP contribution >= 0.6 is 0 Å². The van der Waals surface area contributed by atoms with Crippen molar-refractivity contribution in [3.05, 3.63) is 23.8 Å². The molecular weight excluding hydrogens is 302 g/mol. The van der Waals surface area contributed by atoms with Crippen LogP contribution in [0.4, 0.5) is 0 Å². The van der Waals surface area contributed by atoms with Crippen LogP contribution < -0.4 is 4.74 Å². The molecule has 0 spiro atoms. The van der Waals surface area contributed by atoms with Gasteiger partial charge in [-0.15, -0.1) is 0 Å². The van der Waals surface area contributed by atoms with Crippen LogP contribution in [0, 0.1) is 5.92 Å². The van der Waals surface area contributed by atoms with Gasteiger partial charge in [0.25, 0.3) is 0 Å². The summed E-state index contributed by atoms with van der Waals surface area (Å²) in [6.45, 7) is 6.98. The Bertz CT molecular complexity index is 498. The van der Waals surface area contributed by atoms with Gasteiger partial charge in [-0.3, -0.25) is 0 Å². The van der Waals surface area contributed by atoms with Crippen molar-refractivity contribution in [2.24, 2.45) is 11.1 Å². The number of hydrogen-bond acceptors (Lipinski definition) is 4. The fourth-order valence-electron chi connectivity index (χ4n) is 2.69. The number of oxime groups is 1. The molecule has 1 aromatic rings. The van der Waals surface area contributed by atoms with Crippen LogP contribution in [-0.4, -0.2) is 22.6 Å². The first kappa shape index (κ1) is 20.3. The fraction of sp³-hybridized carbons (Fsp3) is 0.650. The Kier molecular flexibility index (Phi) is 9.97. The average molecular weight is 335 g/mol. The predicted octanol–water partition coefficient (Wildman–Crippen LogP) is 5.75. The van der Waals surface area contributed by atoms with Crippen molar-refractivity contribution in [3.63, 3.8) is 0 Å².